The van der Waals surface area contributed by atoms with Gasteiger partial charge in [-0.25, -0.2) is 0 Å². The van der Waals surface area contributed by atoms with Crippen LogP contribution in [0, 0.1) is 0 Å². The molecular formula is C27H45NO5S. The van der Waals surface area contributed by atoms with E-state index in [4.69, 9.17) is 0 Å². The van der Waals surface area contributed by atoms with E-state index in [1.54, 1.807) is 6.08 Å². The van der Waals surface area contributed by atoms with E-state index in [1.807, 2.05) is 12.2 Å². The van der Waals surface area contributed by atoms with Gasteiger partial charge in [-0.15, -0.1) is 0 Å². The summed E-state index contributed by atoms with van der Waals surface area (Å²) < 4.78 is 31.8. The summed E-state index contributed by atoms with van der Waals surface area (Å²) in [6.07, 6.45) is 28.2. The Morgan fingerprint density at radius 2 is 1.41 bits per heavy atom. The molecule has 0 radical (unpaired) electrons. The van der Waals surface area contributed by atoms with Gasteiger partial charge in [0.05, 0.1) is 17.9 Å². The highest BCUT2D eigenvalue weighted by molar-refractivity contribution is 7.85. The van der Waals surface area contributed by atoms with Crippen LogP contribution in [0.15, 0.2) is 60.8 Å². The third-order valence-electron chi connectivity index (χ3n) is 4.96. The van der Waals surface area contributed by atoms with Crippen molar-refractivity contribution >= 4 is 16.0 Å². The van der Waals surface area contributed by atoms with Crippen LogP contribution in [0.25, 0.3) is 0 Å². The molecule has 0 saturated carbocycles. The summed E-state index contributed by atoms with van der Waals surface area (Å²) in [6, 6.07) is -1.09. The zero-order valence-electron chi connectivity index (χ0n) is 20.9. The van der Waals surface area contributed by atoms with E-state index in [2.05, 4.69) is 55.6 Å². The van der Waals surface area contributed by atoms with Crippen LogP contribution in [-0.2, 0) is 14.9 Å². The molecule has 0 aromatic heterocycles. The summed E-state index contributed by atoms with van der Waals surface area (Å²) in [6.45, 7) is 4.24. The first kappa shape index (κ1) is 32.0. The molecule has 34 heavy (non-hydrogen) atoms. The normalized spacial score (nSPS) is 14.8. The average molecular weight is 496 g/mol. The van der Waals surface area contributed by atoms with Crippen LogP contribution in [0.5, 0.6) is 0 Å². The third-order valence-corrected chi connectivity index (χ3v) is 5.74. The highest BCUT2D eigenvalue weighted by Gasteiger charge is 2.24. The minimum absolute atomic E-state index is 0.170. The second kappa shape index (κ2) is 21.6. The number of rotatable bonds is 20. The predicted octanol–water partition coefficient (Wildman–Crippen LogP) is 5.83. The Labute approximate surface area is 207 Å². The molecule has 0 aliphatic rings. The van der Waals surface area contributed by atoms with Gasteiger partial charge in [0, 0.05) is 6.42 Å². The van der Waals surface area contributed by atoms with E-state index in [1.165, 1.54) is 6.08 Å². The van der Waals surface area contributed by atoms with E-state index in [-0.39, 0.29) is 12.3 Å². The molecule has 7 heteroatoms. The van der Waals surface area contributed by atoms with Gasteiger partial charge in [-0.3, -0.25) is 9.35 Å². The van der Waals surface area contributed by atoms with Crippen molar-refractivity contribution in [1.82, 2.24) is 5.32 Å². The molecule has 2 unspecified atom stereocenters. The number of unbranched alkanes of at least 4 members (excludes halogenated alkanes) is 4. The maximum absolute atomic E-state index is 12.2. The number of carbonyl (C=O) groups excluding carboxylic acids is 1. The topological polar surface area (TPSA) is 104 Å². The number of hydrogen-bond acceptors (Lipinski definition) is 4. The number of nitrogens with one attached hydrogen (secondary N) is 1. The largest absolute Gasteiger partial charge is 0.387 e. The monoisotopic (exact) mass is 495 g/mol. The Kier molecular flexibility index (Phi) is 20.3. The Hall–Kier alpha value is -1.96. The Balaban J connectivity index is 4.34. The first-order chi connectivity index (χ1) is 16.3. The number of carbonyl (C=O) groups is 1. The Morgan fingerprint density at radius 1 is 0.824 bits per heavy atom. The number of aliphatic hydroxyl groups is 1. The van der Waals surface area contributed by atoms with Crippen molar-refractivity contribution in [1.29, 1.82) is 0 Å². The molecule has 2 atom stereocenters. The molecular weight excluding hydrogens is 450 g/mol. The lowest BCUT2D eigenvalue weighted by Gasteiger charge is -2.20. The van der Waals surface area contributed by atoms with Gasteiger partial charge < -0.3 is 10.4 Å². The molecule has 1 amide bonds. The van der Waals surface area contributed by atoms with Crippen molar-refractivity contribution in [3.8, 4) is 0 Å². The summed E-state index contributed by atoms with van der Waals surface area (Å²) in [5.74, 6) is -1.10. The standard InChI is InChI=1S/C27H45NO5S/c1-3-5-7-9-11-12-13-14-15-16-17-19-21-23-27(30)28-25(24-34(31,32)33)26(29)22-20-18-10-8-6-4-2/h5,7,11-12,14-15,17,19-20,22,25-26,29H,3-4,6,8-10,13,16,18,21,23-24H2,1-2H3,(H,28,30)(H,31,32,33)/b7-5-,12-11-,15-14-,19-17-,22-20+. The van der Waals surface area contributed by atoms with E-state index in [9.17, 15) is 22.9 Å². The predicted molar refractivity (Wildman–Crippen MR) is 142 cm³/mol. The minimum Gasteiger partial charge on any atom is -0.387 e. The smallest absolute Gasteiger partial charge is 0.267 e. The zero-order chi connectivity index (χ0) is 25.5. The lowest BCUT2D eigenvalue weighted by atomic mass is 10.1. The summed E-state index contributed by atoms with van der Waals surface area (Å²) >= 11 is 0. The fourth-order valence-corrected chi connectivity index (χ4v) is 3.84. The zero-order valence-corrected chi connectivity index (χ0v) is 21.8. The van der Waals surface area contributed by atoms with E-state index >= 15 is 0 Å². The summed E-state index contributed by atoms with van der Waals surface area (Å²) in [7, 11) is -4.34. The van der Waals surface area contributed by atoms with Crippen LogP contribution >= 0.6 is 0 Å². The van der Waals surface area contributed by atoms with Gasteiger partial charge in [-0.1, -0.05) is 93.9 Å². The molecule has 0 saturated heterocycles. The van der Waals surface area contributed by atoms with Gasteiger partial charge in [0.2, 0.25) is 5.91 Å². The van der Waals surface area contributed by atoms with Crippen LogP contribution in [0.1, 0.15) is 84.5 Å². The molecule has 0 aromatic rings. The quantitative estimate of drug-likeness (QED) is 0.112. The maximum Gasteiger partial charge on any atom is 0.267 e. The average Bonchev–Trinajstić information content (AvgIpc) is 2.77. The fraction of sp³-hybridized carbons (Fsp3) is 0.593. The second-order valence-corrected chi connectivity index (χ2v) is 9.73. The van der Waals surface area contributed by atoms with Crippen molar-refractivity contribution in [3.05, 3.63) is 60.8 Å². The fourth-order valence-electron chi connectivity index (χ4n) is 3.10. The molecule has 0 bridgehead atoms. The Morgan fingerprint density at radius 3 is 1.97 bits per heavy atom. The van der Waals surface area contributed by atoms with Crippen molar-refractivity contribution in [3.63, 3.8) is 0 Å². The first-order valence-electron chi connectivity index (χ1n) is 12.5. The van der Waals surface area contributed by atoms with Crippen molar-refractivity contribution in [2.24, 2.45) is 0 Å². The van der Waals surface area contributed by atoms with Crippen molar-refractivity contribution < 1.29 is 22.9 Å². The van der Waals surface area contributed by atoms with Crippen molar-refractivity contribution in [2.45, 2.75) is 96.6 Å². The summed E-state index contributed by atoms with van der Waals surface area (Å²) in [4.78, 5) is 12.2. The lowest BCUT2D eigenvalue weighted by molar-refractivity contribution is -0.122. The third kappa shape index (κ3) is 21.9. The minimum atomic E-state index is -4.34. The molecule has 0 spiro atoms. The number of hydrogen-bond donors (Lipinski definition) is 3. The molecule has 194 valence electrons. The highest BCUT2D eigenvalue weighted by Crippen LogP contribution is 2.06. The van der Waals surface area contributed by atoms with Gasteiger partial charge in [0.15, 0.2) is 0 Å². The molecule has 0 heterocycles. The molecule has 0 rings (SSSR count). The van der Waals surface area contributed by atoms with Crippen LogP contribution in [0.3, 0.4) is 0 Å². The van der Waals surface area contributed by atoms with Gasteiger partial charge in [-0.05, 0) is 44.9 Å². The van der Waals surface area contributed by atoms with E-state index in [0.29, 0.717) is 6.42 Å². The van der Waals surface area contributed by atoms with Gasteiger partial charge >= 0.3 is 0 Å². The number of amides is 1. The van der Waals surface area contributed by atoms with Crippen LogP contribution in [-0.4, -0.2) is 41.9 Å². The summed E-state index contributed by atoms with van der Waals surface area (Å²) in [5.41, 5.74) is 0. The van der Waals surface area contributed by atoms with Gasteiger partial charge in [0.1, 0.15) is 0 Å². The highest BCUT2D eigenvalue weighted by atomic mass is 32.2. The summed E-state index contributed by atoms with van der Waals surface area (Å²) in [5, 5.41) is 12.8. The SMILES string of the molecule is CC/C=C\C/C=C\C/C=C\C/C=C\CCC(=O)NC(CS(=O)(=O)O)C(O)/C=C/CCCCCC. The second-order valence-electron chi connectivity index (χ2n) is 8.23. The molecule has 0 aliphatic carbocycles. The van der Waals surface area contributed by atoms with Gasteiger partial charge in [-0.2, -0.15) is 8.42 Å². The molecule has 0 aromatic carbocycles. The van der Waals surface area contributed by atoms with Crippen molar-refractivity contribution in [2.75, 3.05) is 5.75 Å². The van der Waals surface area contributed by atoms with E-state index in [0.717, 1.165) is 57.8 Å². The van der Waals surface area contributed by atoms with E-state index < -0.39 is 28.0 Å². The number of aliphatic hydroxyl groups excluding tert-OH is 1. The van der Waals surface area contributed by atoms with Crippen LogP contribution < -0.4 is 5.32 Å². The first-order valence-corrected chi connectivity index (χ1v) is 14.1. The maximum atomic E-state index is 12.2. The van der Waals surface area contributed by atoms with Crippen LogP contribution in [0.4, 0.5) is 0 Å². The molecule has 0 fully saturated rings. The number of allylic oxidation sites excluding steroid dienone is 9. The molecule has 0 aliphatic heterocycles. The Bertz CT molecular complexity index is 766. The molecule has 3 N–H and O–H groups in total. The molecule has 6 nitrogen and oxygen atoms in total. The van der Waals surface area contributed by atoms with Gasteiger partial charge in [0.25, 0.3) is 10.1 Å². The van der Waals surface area contributed by atoms with Crippen LogP contribution in [0.2, 0.25) is 0 Å². The lowest BCUT2D eigenvalue weighted by Crippen LogP contribution is -2.46.